The maximum atomic E-state index is 13.1. The molecule has 2 aromatic carbocycles. The third kappa shape index (κ3) is 4.17. The van der Waals surface area contributed by atoms with Gasteiger partial charge in [0.05, 0.1) is 21.3 Å². The van der Waals surface area contributed by atoms with Crippen molar-refractivity contribution in [1.82, 2.24) is 9.88 Å². The number of hydrogen-bond acceptors (Lipinski definition) is 3. The number of carbonyl (C=O) groups is 1. The van der Waals surface area contributed by atoms with Crippen LogP contribution in [0.1, 0.15) is 17.0 Å². The van der Waals surface area contributed by atoms with Crippen molar-refractivity contribution in [3.05, 3.63) is 86.2 Å². The van der Waals surface area contributed by atoms with Crippen LogP contribution in [-0.4, -0.2) is 15.6 Å². The molecule has 1 aromatic heterocycles. The lowest BCUT2D eigenvalue weighted by molar-refractivity contribution is -0.115. The Labute approximate surface area is 187 Å². The van der Waals surface area contributed by atoms with E-state index in [-0.39, 0.29) is 11.7 Å². The van der Waals surface area contributed by atoms with Crippen molar-refractivity contribution in [2.75, 3.05) is 0 Å². The quantitative estimate of drug-likeness (QED) is 0.458. The zero-order chi connectivity index (χ0) is 21.4. The monoisotopic (exact) mass is 459 g/mol. The molecule has 1 saturated heterocycles. The molecule has 0 radical (unpaired) electrons. The molecule has 1 N–H and O–H groups in total. The molecule has 0 unspecified atom stereocenters. The third-order valence-corrected chi connectivity index (χ3v) is 6.06. The first-order chi connectivity index (χ1) is 14.3. The van der Waals surface area contributed by atoms with Crippen molar-refractivity contribution in [1.29, 1.82) is 0 Å². The van der Waals surface area contributed by atoms with E-state index < -0.39 is 0 Å². The average Bonchev–Trinajstić information content (AvgIpc) is 3.17. The highest BCUT2D eigenvalue weighted by atomic mass is 35.5. The van der Waals surface area contributed by atoms with E-state index in [9.17, 15) is 9.18 Å². The topological polar surface area (TPSA) is 46.4 Å². The van der Waals surface area contributed by atoms with Gasteiger partial charge in [0, 0.05) is 16.4 Å². The fraction of sp³-hybridized carbons (Fsp3) is 0.0909. The lowest BCUT2D eigenvalue weighted by Gasteiger charge is -2.12. The van der Waals surface area contributed by atoms with E-state index in [2.05, 4.69) is 10.3 Å². The zero-order valence-electron chi connectivity index (χ0n) is 16.0. The first-order valence-corrected chi connectivity index (χ1v) is 10.6. The number of benzene rings is 2. The molecule has 152 valence electrons. The highest BCUT2D eigenvalue weighted by molar-refractivity contribution is 8.18. The van der Waals surface area contributed by atoms with Crippen LogP contribution in [0.3, 0.4) is 0 Å². The van der Waals surface area contributed by atoms with Gasteiger partial charge >= 0.3 is 0 Å². The van der Waals surface area contributed by atoms with Gasteiger partial charge in [0.2, 0.25) is 0 Å². The average molecular weight is 460 g/mol. The molecule has 30 heavy (non-hydrogen) atoms. The predicted molar refractivity (Wildman–Crippen MR) is 122 cm³/mol. The van der Waals surface area contributed by atoms with Crippen molar-refractivity contribution >= 4 is 57.8 Å². The van der Waals surface area contributed by atoms with Gasteiger partial charge in [0.25, 0.3) is 5.91 Å². The Hall–Kier alpha value is -2.54. The Morgan fingerprint density at radius 1 is 1.10 bits per heavy atom. The highest BCUT2D eigenvalue weighted by Crippen LogP contribution is 2.32. The number of nitrogens with zero attached hydrogens (tertiary/aromatic N) is 2. The number of carbonyl (C=O) groups excluding carboxylic acids is 1. The Balaban J connectivity index is 1.65. The van der Waals surface area contributed by atoms with Crippen molar-refractivity contribution in [3.63, 3.8) is 0 Å². The summed E-state index contributed by atoms with van der Waals surface area (Å²) >= 11 is 13.6. The Kier molecular flexibility index (Phi) is 5.73. The molecule has 0 saturated carbocycles. The van der Waals surface area contributed by atoms with Crippen LogP contribution in [0.15, 0.2) is 58.4 Å². The number of halogens is 3. The first kappa shape index (κ1) is 20.7. The number of amidine groups is 1. The maximum absolute atomic E-state index is 13.1. The van der Waals surface area contributed by atoms with Gasteiger partial charge in [-0.3, -0.25) is 4.79 Å². The number of thioether (sulfide) groups is 1. The molecule has 0 bridgehead atoms. The standard InChI is InChI=1S/C22H16Cl2FN3OS/c1-12-9-14(13(2)28(12)19-8-3-15(23)11-18(19)24)10-20-21(29)27-22(30-20)26-17-6-4-16(25)5-7-17/h3-11H,1-2H3,(H,26,27,29)/b20-10+. The normalized spacial score (nSPS) is 16.5. The molecule has 1 amide bonds. The van der Waals surface area contributed by atoms with Crippen molar-refractivity contribution in [2.24, 2.45) is 4.99 Å². The van der Waals surface area contributed by atoms with Crippen LogP contribution >= 0.6 is 35.0 Å². The fourth-order valence-corrected chi connectivity index (χ4v) is 4.55. The molecule has 1 aliphatic heterocycles. The number of aromatic nitrogens is 1. The fourth-order valence-electron chi connectivity index (χ4n) is 3.22. The summed E-state index contributed by atoms with van der Waals surface area (Å²) in [7, 11) is 0. The molecule has 1 aliphatic rings. The molecule has 2 heterocycles. The number of aliphatic imine (C=N–C) groups is 1. The van der Waals surface area contributed by atoms with Gasteiger partial charge in [0.1, 0.15) is 5.82 Å². The second-order valence-corrected chi connectivity index (χ2v) is 8.59. The number of hydrogen-bond donors (Lipinski definition) is 1. The SMILES string of the molecule is Cc1cc(/C=C2/SC(=Nc3ccc(F)cc3)NC2=O)c(C)n1-c1ccc(Cl)cc1Cl. The summed E-state index contributed by atoms with van der Waals surface area (Å²) < 4.78 is 15.1. The summed E-state index contributed by atoms with van der Waals surface area (Å²) in [6.45, 7) is 3.94. The molecule has 0 atom stereocenters. The largest absolute Gasteiger partial charge is 0.316 e. The summed E-state index contributed by atoms with van der Waals surface area (Å²) in [5, 5.41) is 4.31. The zero-order valence-corrected chi connectivity index (χ0v) is 18.4. The van der Waals surface area contributed by atoms with Crippen LogP contribution in [0.25, 0.3) is 11.8 Å². The van der Waals surface area contributed by atoms with Crippen LogP contribution in [0.2, 0.25) is 10.0 Å². The van der Waals surface area contributed by atoms with Gasteiger partial charge in [-0.25, -0.2) is 9.38 Å². The van der Waals surface area contributed by atoms with Crippen LogP contribution in [-0.2, 0) is 4.79 Å². The molecule has 0 aliphatic carbocycles. The van der Waals surface area contributed by atoms with E-state index >= 15 is 0 Å². The molecule has 1 fully saturated rings. The van der Waals surface area contributed by atoms with Crippen LogP contribution in [0, 0.1) is 19.7 Å². The lowest BCUT2D eigenvalue weighted by Crippen LogP contribution is -2.19. The Bertz CT molecular complexity index is 1220. The van der Waals surface area contributed by atoms with E-state index in [1.54, 1.807) is 24.3 Å². The maximum Gasteiger partial charge on any atom is 0.264 e. The summed E-state index contributed by atoms with van der Waals surface area (Å²) in [4.78, 5) is 17.3. The minimum Gasteiger partial charge on any atom is -0.316 e. The van der Waals surface area contributed by atoms with Gasteiger partial charge in [-0.05, 0) is 85.8 Å². The van der Waals surface area contributed by atoms with Crippen molar-refractivity contribution in [3.8, 4) is 5.69 Å². The Morgan fingerprint density at radius 3 is 2.53 bits per heavy atom. The second-order valence-electron chi connectivity index (χ2n) is 6.72. The molecule has 8 heteroatoms. The van der Waals surface area contributed by atoms with Gasteiger partial charge in [-0.1, -0.05) is 23.2 Å². The minimum atomic E-state index is -0.334. The van der Waals surface area contributed by atoms with Gasteiger partial charge in [-0.15, -0.1) is 0 Å². The molecular weight excluding hydrogens is 444 g/mol. The van der Waals surface area contributed by atoms with Crippen molar-refractivity contribution in [2.45, 2.75) is 13.8 Å². The lowest BCUT2D eigenvalue weighted by atomic mass is 10.2. The van der Waals surface area contributed by atoms with Gasteiger partial charge < -0.3 is 9.88 Å². The van der Waals surface area contributed by atoms with E-state index in [1.165, 1.54) is 23.9 Å². The van der Waals surface area contributed by atoms with E-state index in [0.717, 1.165) is 22.6 Å². The molecule has 4 nitrogen and oxygen atoms in total. The van der Waals surface area contributed by atoms with E-state index in [1.807, 2.05) is 36.6 Å². The Morgan fingerprint density at radius 2 is 1.83 bits per heavy atom. The summed E-state index contributed by atoms with van der Waals surface area (Å²) in [6, 6.07) is 13.1. The minimum absolute atomic E-state index is 0.227. The number of aryl methyl sites for hydroxylation is 1. The van der Waals surface area contributed by atoms with Crippen LogP contribution in [0.5, 0.6) is 0 Å². The van der Waals surface area contributed by atoms with E-state index in [0.29, 0.717) is 25.8 Å². The van der Waals surface area contributed by atoms with Gasteiger partial charge in [-0.2, -0.15) is 0 Å². The summed E-state index contributed by atoms with van der Waals surface area (Å²) in [5.74, 6) is -0.561. The molecule has 3 aromatic rings. The molecular formula is C22H16Cl2FN3OS. The molecule has 0 spiro atoms. The number of amides is 1. The summed E-state index contributed by atoms with van der Waals surface area (Å²) in [6.07, 6.45) is 1.83. The van der Waals surface area contributed by atoms with Crippen LogP contribution in [0.4, 0.5) is 10.1 Å². The third-order valence-electron chi connectivity index (χ3n) is 4.62. The summed E-state index contributed by atoms with van der Waals surface area (Å²) in [5.41, 5.74) is 4.21. The van der Waals surface area contributed by atoms with Gasteiger partial charge in [0.15, 0.2) is 5.17 Å². The smallest absolute Gasteiger partial charge is 0.264 e. The second kappa shape index (κ2) is 8.30. The molecule has 4 rings (SSSR count). The number of nitrogens with one attached hydrogen (secondary N) is 1. The predicted octanol–water partition coefficient (Wildman–Crippen LogP) is 6.43. The first-order valence-electron chi connectivity index (χ1n) is 9.01. The van der Waals surface area contributed by atoms with Crippen molar-refractivity contribution < 1.29 is 9.18 Å². The highest BCUT2D eigenvalue weighted by Gasteiger charge is 2.24. The number of rotatable bonds is 3. The van der Waals surface area contributed by atoms with Crippen LogP contribution < -0.4 is 5.32 Å². The van der Waals surface area contributed by atoms with E-state index in [4.69, 9.17) is 23.2 Å².